The third-order valence-corrected chi connectivity index (χ3v) is 4.53. The van der Waals surface area contributed by atoms with Crippen molar-refractivity contribution in [1.29, 1.82) is 0 Å². The van der Waals surface area contributed by atoms with Gasteiger partial charge in [0.2, 0.25) is 0 Å². The highest BCUT2D eigenvalue weighted by Crippen LogP contribution is 2.37. The maximum absolute atomic E-state index is 11.7. The van der Waals surface area contributed by atoms with Crippen LogP contribution in [0.25, 0.3) is 5.57 Å². The lowest BCUT2D eigenvalue weighted by atomic mass is 9.92. The summed E-state index contributed by atoms with van der Waals surface area (Å²) in [6.07, 6.45) is 3.47. The Morgan fingerprint density at radius 2 is 1.96 bits per heavy atom. The predicted octanol–water partition coefficient (Wildman–Crippen LogP) is 4.10. The molecule has 0 saturated heterocycles. The lowest BCUT2D eigenvalue weighted by molar-refractivity contribution is -0.139. The second-order valence-corrected chi connectivity index (χ2v) is 6.74. The SMILES string of the molecule is COC(=O)Cc1ccc2c(c1)/C(=C\CCN(C)C)c1ccccc1CO2.Cl. The molecule has 0 bridgehead atoms. The summed E-state index contributed by atoms with van der Waals surface area (Å²) in [5.74, 6) is 0.615. The van der Waals surface area contributed by atoms with Crippen molar-refractivity contribution < 1.29 is 14.3 Å². The third-order valence-electron chi connectivity index (χ3n) is 4.53. The number of halogens is 1. The van der Waals surface area contributed by atoms with Gasteiger partial charge in [0.15, 0.2) is 0 Å². The van der Waals surface area contributed by atoms with Crippen LogP contribution in [0.2, 0.25) is 0 Å². The maximum atomic E-state index is 11.7. The van der Waals surface area contributed by atoms with E-state index in [4.69, 9.17) is 9.47 Å². The molecule has 144 valence electrons. The van der Waals surface area contributed by atoms with Crippen molar-refractivity contribution in [2.24, 2.45) is 0 Å². The molecule has 0 aliphatic carbocycles. The Morgan fingerprint density at radius 3 is 2.70 bits per heavy atom. The number of ether oxygens (including phenoxy) is 2. The lowest BCUT2D eigenvalue weighted by Gasteiger charge is -2.13. The fraction of sp³-hybridized carbons (Fsp3) is 0.318. The van der Waals surface area contributed by atoms with Gasteiger partial charge < -0.3 is 14.4 Å². The molecule has 0 spiro atoms. The van der Waals surface area contributed by atoms with Crippen LogP contribution in [0, 0.1) is 0 Å². The lowest BCUT2D eigenvalue weighted by Crippen LogP contribution is -2.12. The van der Waals surface area contributed by atoms with Gasteiger partial charge in [-0.15, -0.1) is 12.4 Å². The van der Waals surface area contributed by atoms with Crippen LogP contribution < -0.4 is 4.74 Å². The third kappa shape index (κ3) is 5.12. The van der Waals surface area contributed by atoms with Crippen LogP contribution in [-0.4, -0.2) is 38.6 Å². The van der Waals surface area contributed by atoms with Crippen molar-refractivity contribution in [3.05, 3.63) is 70.8 Å². The molecule has 0 aromatic heterocycles. The zero-order valence-corrected chi connectivity index (χ0v) is 16.8. The zero-order chi connectivity index (χ0) is 18.5. The van der Waals surface area contributed by atoms with Gasteiger partial charge in [-0.05, 0) is 54.9 Å². The zero-order valence-electron chi connectivity index (χ0n) is 16.0. The maximum Gasteiger partial charge on any atom is 0.309 e. The normalized spacial score (nSPS) is 13.9. The summed E-state index contributed by atoms with van der Waals surface area (Å²) in [6.45, 7) is 1.52. The average molecular weight is 388 g/mol. The van der Waals surface area contributed by atoms with Gasteiger partial charge in [-0.1, -0.05) is 36.4 Å². The van der Waals surface area contributed by atoms with E-state index < -0.39 is 0 Å². The number of carbonyl (C=O) groups excluding carboxylic acids is 1. The number of hydrogen-bond donors (Lipinski definition) is 0. The van der Waals surface area contributed by atoms with Gasteiger partial charge in [-0.3, -0.25) is 4.79 Å². The second-order valence-electron chi connectivity index (χ2n) is 6.74. The molecule has 4 nitrogen and oxygen atoms in total. The number of methoxy groups -OCH3 is 1. The molecule has 2 aromatic rings. The highest BCUT2D eigenvalue weighted by atomic mass is 35.5. The molecule has 1 aliphatic rings. The van der Waals surface area contributed by atoms with Crippen molar-refractivity contribution in [3.8, 4) is 5.75 Å². The standard InChI is InChI=1S/C22H25NO3.ClH/c1-23(2)12-6-9-19-18-8-5-4-7-17(18)15-26-21-11-10-16(13-20(19)21)14-22(24)25-3;/h4-5,7-11,13H,6,12,14-15H2,1-3H3;1H/b19-9-;. The van der Waals surface area contributed by atoms with E-state index in [9.17, 15) is 4.79 Å². The van der Waals surface area contributed by atoms with Crippen LogP contribution in [0.5, 0.6) is 5.75 Å². The number of nitrogens with zero attached hydrogens (tertiary/aromatic N) is 1. The molecular weight excluding hydrogens is 362 g/mol. The van der Waals surface area contributed by atoms with Gasteiger partial charge in [0.25, 0.3) is 0 Å². The summed E-state index contributed by atoms with van der Waals surface area (Å²) in [5.41, 5.74) is 5.50. The molecule has 3 rings (SSSR count). The van der Waals surface area contributed by atoms with Crippen LogP contribution in [0.1, 0.15) is 28.7 Å². The first-order valence-corrected chi connectivity index (χ1v) is 8.84. The summed E-state index contributed by atoms with van der Waals surface area (Å²) in [4.78, 5) is 13.8. The molecule has 5 heteroatoms. The van der Waals surface area contributed by atoms with Gasteiger partial charge in [-0.2, -0.15) is 0 Å². The molecule has 1 heterocycles. The topological polar surface area (TPSA) is 38.8 Å². The first-order chi connectivity index (χ1) is 12.6. The van der Waals surface area contributed by atoms with E-state index in [1.807, 2.05) is 18.2 Å². The van der Waals surface area contributed by atoms with E-state index in [0.717, 1.165) is 29.8 Å². The quantitative estimate of drug-likeness (QED) is 0.724. The number of hydrogen-bond acceptors (Lipinski definition) is 4. The molecule has 0 saturated carbocycles. The van der Waals surface area contributed by atoms with Crippen molar-refractivity contribution >= 4 is 23.9 Å². The molecule has 0 fully saturated rings. The number of esters is 1. The van der Waals surface area contributed by atoms with E-state index in [1.54, 1.807) is 0 Å². The molecular formula is C22H26ClNO3. The fourth-order valence-electron chi connectivity index (χ4n) is 3.16. The van der Waals surface area contributed by atoms with Crippen molar-refractivity contribution in [3.63, 3.8) is 0 Å². The number of fused-ring (bicyclic) bond motifs is 2. The van der Waals surface area contributed by atoms with Crippen LogP contribution >= 0.6 is 12.4 Å². The van der Waals surface area contributed by atoms with Crippen molar-refractivity contribution in [2.45, 2.75) is 19.4 Å². The van der Waals surface area contributed by atoms with Gasteiger partial charge in [-0.25, -0.2) is 0 Å². The van der Waals surface area contributed by atoms with E-state index in [-0.39, 0.29) is 24.8 Å². The fourth-order valence-corrected chi connectivity index (χ4v) is 3.16. The molecule has 0 unspecified atom stereocenters. The largest absolute Gasteiger partial charge is 0.488 e. The monoisotopic (exact) mass is 387 g/mol. The molecule has 2 aromatic carbocycles. The van der Waals surface area contributed by atoms with Gasteiger partial charge in [0.05, 0.1) is 13.5 Å². The minimum Gasteiger partial charge on any atom is -0.488 e. The van der Waals surface area contributed by atoms with Crippen LogP contribution in [0.4, 0.5) is 0 Å². The number of benzene rings is 2. The summed E-state index contributed by atoms with van der Waals surface area (Å²) < 4.78 is 10.9. The highest BCUT2D eigenvalue weighted by Gasteiger charge is 2.19. The van der Waals surface area contributed by atoms with Crippen LogP contribution in [-0.2, 0) is 22.6 Å². The first kappa shape index (κ1) is 21.0. The predicted molar refractivity (Wildman–Crippen MR) is 110 cm³/mol. The molecule has 0 atom stereocenters. The number of carbonyl (C=O) groups is 1. The van der Waals surface area contributed by atoms with E-state index in [2.05, 4.69) is 49.3 Å². The molecule has 0 amide bonds. The Morgan fingerprint density at radius 1 is 1.19 bits per heavy atom. The number of rotatable bonds is 5. The summed E-state index contributed by atoms with van der Waals surface area (Å²) in [6, 6.07) is 14.3. The van der Waals surface area contributed by atoms with E-state index in [1.165, 1.54) is 23.8 Å². The minimum absolute atomic E-state index is 0. The van der Waals surface area contributed by atoms with Crippen LogP contribution in [0.15, 0.2) is 48.5 Å². The van der Waals surface area contributed by atoms with Gasteiger partial charge >= 0.3 is 5.97 Å². The highest BCUT2D eigenvalue weighted by molar-refractivity contribution is 5.86. The van der Waals surface area contributed by atoms with Crippen LogP contribution in [0.3, 0.4) is 0 Å². The summed E-state index contributed by atoms with van der Waals surface area (Å²) in [5, 5.41) is 0. The molecule has 27 heavy (non-hydrogen) atoms. The van der Waals surface area contributed by atoms with E-state index in [0.29, 0.717) is 6.61 Å². The summed E-state index contributed by atoms with van der Waals surface area (Å²) in [7, 11) is 5.56. The second kappa shape index (κ2) is 9.58. The Hall–Kier alpha value is -2.30. The van der Waals surface area contributed by atoms with Gasteiger partial charge in [0.1, 0.15) is 12.4 Å². The Kier molecular flexibility index (Phi) is 7.45. The molecule has 0 N–H and O–H groups in total. The first-order valence-electron chi connectivity index (χ1n) is 8.84. The Labute approximate surface area is 167 Å². The molecule has 1 aliphatic heterocycles. The van der Waals surface area contributed by atoms with E-state index >= 15 is 0 Å². The Bertz CT molecular complexity index is 830. The van der Waals surface area contributed by atoms with Crippen molar-refractivity contribution in [1.82, 2.24) is 4.90 Å². The van der Waals surface area contributed by atoms with Crippen molar-refractivity contribution in [2.75, 3.05) is 27.7 Å². The molecule has 0 radical (unpaired) electrons. The minimum atomic E-state index is -0.238. The summed E-state index contributed by atoms with van der Waals surface area (Å²) >= 11 is 0. The van der Waals surface area contributed by atoms with Gasteiger partial charge in [0, 0.05) is 12.1 Å². The average Bonchev–Trinajstić information content (AvgIpc) is 2.79. The Balaban J connectivity index is 0.00000261. The smallest absolute Gasteiger partial charge is 0.309 e.